The summed E-state index contributed by atoms with van der Waals surface area (Å²) in [6.07, 6.45) is 0. The van der Waals surface area contributed by atoms with Gasteiger partial charge in [0.1, 0.15) is 0 Å². The van der Waals surface area contributed by atoms with Crippen LogP contribution in [0.2, 0.25) is 0 Å². The number of hydrogen-bond acceptors (Lipinski definition) is 4. The lowest BCUT2D eigenvalue weighted by Gasteiger charge is -2.43. The molecule has 2 aliphatic heterocycles. The predicted molar refractivity (Wildman–Crippen MR) is 63.0 cm³/mol. The van der Waals surface area contributed by atoms with Gasteiger partial charge in [0, 0.05) is 57.8 Å². The zero-order valence-electron chi connectivity index (χ0n) is 9.98. The van der Waals surface area contributed by atoms with Gasteiger partial charge < -0.3 is 16.0 Å². The van der Waals surface area contributed by atoms with Crippen LogP contribution in [0.25, 0.3) is 0 Å². The highest BCUT2D eigenvalue weighted by atomic mass is 16.1. The van der Waals surface area contributed by atoms with Crippen molar-refractivity contribution >= 4 is 5.91 Å². The summed E-state index contributed by atoms with van der Waals surface area (Å²) in [4.78, 5) is 15.9. The Balaban J connectivity index is 1.70. The van der Waals surface area contributed by atoms with Crippen LogP contribution in [0.3, 0.4) is 0 Å². The molecule has 0 bridgehead atoms. The van der Waals surface area contributed by atoms with Crippen LogP contribution in [0.15, 0.2) is 0 Å². The lowest BCUT2D eigenvalue weighted by molar-refractivity contribution is -0.122. The molecule has 0 spiro atoms. The second-order valence-corrected chi connectivity index (χ2v) is 4.95. The number of amides is 1. The van der Waals surface area contributed by atoms with E-state index < -0.39 is 0 Å². The number of nitrogens with one attached hydrogen (secondary N) is 1. The molecule has 0 aromatic carbocycles. The monoisotopic (exact) mass is 226 g/mol. The molecule has 3 N–H and O–H groups in total. The number of carbonyl (C=O) groups is 1. The smallest absolute Gasteiger partial charge is 0.221 e. The highest BCUT2D eigenvalue weighted by Gasteiger charge is 2.28. The Bertz CT molecular complexity index is 246. The van der Waals surface area contributed by atoms with Crippen LogP contribution in [0.5, 0.6) is 0 Å². The number of primary amides is 1. The molecule has 2 rings (SSSR count). The summed E-state index contributed by atoms with van der Waals surface area (Å²) < 4.78 is 0. The SMILES string of the molecule is CC(CN1CCN(C2CNC2)CC1)C(N)=O. The van der Waals surface area contributed by atoms with Crippen molar-refractivity contribution in [2.75, 3.05) is 45.8 Å². The van der Waals surface area contributed by atoms with Gasteiger partial charge in [-0.2, -0.15) is 0 Å². The van der Waals surface area contributed by atoms with Crippen molar-refractivity contribution in [3.63, 3.8) is 0 Å². The summed E-state index contributed by atoms with van der Waals surface area (Å²) in [6.45, 7) is 9.37. The number of hydrogen-bond donors (Lipinski definition) is 2. The molecule has 2 aliphatic rings. The molecule has 0 aromatic rings. The fraction of sp³-hybridized carbons (Fsp3) is 0.909. The van der Waals surface area contributed by atoms with Gasteiger partial charge in [0.05, 0.1) is 0 Å². The third-order valence-corrected chi connectivity index (χ3v) is 3.70. The highest BCUT2D eigenvalue weighted by Crippen LogP contribution is 2.10. The van der Waals surface area contributed by atoms with Gasteiger partial charge >= 0.3 is 0 Å². The molecule has 2 saturated heterocycles. The lowest BCUT2D eigenvalue weighted by Crippen LogP contribution is -2.61. The summed E-state index contributed by atoms with van der Waals surface area (Å²) in [6, 6.07) is 0.746. The van der Waals surface area contributed by atoms with Gasteiger partial charge in [-0.1, -0.05) is 6.92 Å². The first-order chi connectivity index (χ1) is 7.66. The Morgan fingerprint density at radius 2 is 2.00 bits per heavy atom. The van der Waals surface area contributed by atoms with E-state index in [1.54, 1.807) is 0 Å². The molecule has 0 aliphatic carbocycles. The van der Waals surface area contributed by atoms with Crippen LogP contribution in [0.1, 0.15) is 6.92 Å². The minimum absolute atomic E-state index is 0.0306. The summed E-state index contributed by atoms with van der Waals surface area (Å²) in [7, 11) is 0. The number of carbonyl (C=O) groups excluding carboxylic acids is 1. The maximum atomic E-state index is 11.0. The molecule has 1 amide bonds. The Labute approximate surface area is 96.9 Å². The van der Waals surface area contributed by atoms with Crippen molar-refractivity contribution in [2.45, 2.75) is 13.0 Å². The van der Waals surface area contributed by atoms with Crippen LogP contribution in [-0.4, -0.2) is 67.6 Å². The molecule has 0 saturated carbocycles. The number of rotatable bonds is 4. The summed E-state index contributed by atoms with van der Waals surface area (Å²) >= 11 is 0. The van der Waals surface area contributed by atoms with E-state index in [0.717, 1.165) is 51.9 Å². The molecular weight excluding hydrogens is 204 g/mol. The normalized spacial score (nSPS) is 26.3. The Morgan fingerprint density at radius 1 is 1.38 bits per heavy atom. The first-order valence-corrected chi connectivity index (χ1v) is 6.13. The second-order valence-electron chi connectivity index (χ2n) is 4.95. The van der Waals surface area contributed by atoms with E-state index >= 15 is 0 Å². The average molecular weight is 226 g/mol. The molecule has 5 heteroatoms. The maximum Gasteiger partial charge on any atom is 0.221 e. The second kappa shape index (κ2) is 5.12. The van der Waals surface area contributed by atoms with Crippen LogP contribution < -0.4 is 11.1 Å². The van der Waals surface area contributed by atoms with Gasteiger partial charge in [-0.25, -0.2) is 0 Å². The van der Waals surface area contributed by atoms with Gasteiger partial charge in [-0.05, 0) is 0 Å². The van der Waals surface area contributed by atoms with Crippen molar-refractivity contribution in [1.29, 1.82) is 0 Å². The van der Waals surface area contributed by atoms with E-state index in [9.17, 15) is 4.79 Å². The first kappa shape index (κ1) is 11.8. The minimum atomic E-state index is -0.189. The van der Waals surface area contributed by atoms with E-state index in [2.05, 4.69) is 15.1 Å². The molecule has 1 unspecified atom stereocenters. The molecule has 16 heavy (non-hydrogen) atoms. The van der Waals surface area contributed by atoms with E-state index in [4.69, 9.17) is 5.73 Å². The summed E-state index contributed by atoms with van der Waals surface area (Å²) in [5, 5.41) is 3.30. The topological polar surface area (TPSA) is 61.6 Å². The third kappa shape index (κ3) is 2.72. The minimum Gasteiger partial charge on any atom is -0.369 e. The van der Waals surface area contributed by atoms with Crippen molar-refractivity contribution < 1.29 is 4.79 Å². The molecule has 2 fully saturated rings. The van der Waals surface area contributed by atoms with Gasteiger partial charge in [0.15, 0.2) is 0 Å². The zero-order valence-corrected chi connectivity index (χ0v) is 9.98. The largest absolute Gasteiger partial charge is 0.369 e. The fourth-order valence-electron chi connectivity index (χ4n) is 2.32. The van der Waals surface area contributed by atoms with E-state index in [-0.39, 0.29) is 11.8 Å². The van der Waals surface area contributed by atoms with Crippen LogP contribution in [-0.2, 0) is 4.79 Å². The zero-order chi connectivity index (χ0) is 11.5. The molecule has 5 nitrogen and oxygen atoms in total. The molecule has 0 aromatic heterocycles. The van der Waals surface area contributed by atoms with Gasteiger partial charge in [0.2, 0.25) is 5.91 Å². The van der Waals surface area contributed by atoms with Crippen LogP contribution in [0, 0.1) is 5.92 Å². The van der Waals surface area contributed by atoms with Crippen molar-refractivity contribution in [3.8, 4) is 0 Å². The summed E-state index contributed by atoms with van der Waals surface area (Å²) in [5.74, 6) is -0.220. The van der Waals surface area contributed by atoms with Gasteiger partial charge in [-0.3, -0.25) is 9.69 Å². The number of piperazine rings is 1. The van der Waals surface area contributed by atoms with Crippen molar-refractivity contribution in [2.24, 2.45) is 11.7 Å². The van der Waals surface area contributed by atoms with E-state index in [1.165, 1.54) is 0 Å². The quantitative estimate of drug-likeness (QED) is 0.625. The molecule has 2 heterocycles. The average Bonchev–Trinajstić information content (AvgIpc) is 2.18. The lowest BCUT2D eigenvalue weighted by atomic mass is 10.1. The molecular formula is C11H22N4O. The Morgan fingerprint density at radius 3 is 2.44 bits per heavy atom. The van der Waals surface area contributed by atoms with Crippen molar-refractivity contribution in [3.05, 3.63) is 0 Å². The molecule has 0 radical (unpaired) electrons. The fourth-order valence-corrected chi connectivity index (χ4v) is 2.32. The van der Waals surface area contributed by atoms with E-state index in [1.807, 2.05) is 6.92 Å². The first-order valence-electron chi connectivity index (χ1n) is 6.13. The standard InChI is InChI=1S/C11H22N4O/c1-9(11(12)16)8-14-2-4-15(5-3-14)10-6-13-7-10/h9-10,13H,2-8H2,1H3,(H2,12,16). The molecule has 92 valence electrons. The van der Waals surface area contributed by atoms with Gasteiger partial charge in [0.25, 0.3) is 0 Å². The Hall–Kier alpha value is -0.650. The summed E-state index contributed by atoms with van der Waals surface area (Å²) in [5.41, 5.74) is 5.28. The predicted octanol–water partition coefficient (Wildman–Crippen LogP) is -1.30. The third-order valence-electron chi connectivity index (χ3n) is 3.70. The van der Waals surface area contributed by atoms with E-state index in [0.29, 0.717) is 0 Å². The number of nitrogens with zero attached hydrogens (tertiary/aromatic N) is 2. The van der Waals surface area contributed by atoms with Crippen LogP contribution >= 0.6 is 0 Å². The number of nitrogens with two attached hydrogens (primary N) is 1. The van der Waals surface area contributed by atoms with Crippen molar-refractivity contribution in [1.82, 2.24) is 15.1 Å². The van der Waals surface area contributed by atoms with Gasteiger partial charge in [-0.15, -0.1) is 0 Å². The molecule has 1 atom stereocenters. The highest BCUT2D eigenvalue weighted by molar-refractivity contribution is 5.76. The Kier molecular flexibility index (Phi) is 3.78. The van der Waals surface area contributed by atoms with Crippen LogP contribution in [0.4, 0.5) is 0 Å². The maximum absolute atomic E-state index is 11.0.